The summed E-state index contributed by atoms with van der Waals surface area (Å²) in [6.07, 6.45) is 6.20. The number of amides is 1. The van der Waals surface area contributed by atoms with Crippen molar-refractivity contribution in [3.63, 3.8) is 0 Å². The molecule has 4 heteroatoms. The van der Waals surface area contributed by atoms with Crippen molar-refractivity contribution >= 4 is 22.4 Å². The van der Waals surface area contributed by atoms with Crippen LogP contribution in [0.5, 0.6) is 5.75 Å². The molecule has 2 aromatic carbocycles. The average Bonchev–Trinajstić information content (AvgIpc) is 3.08. The second-order valence-electron chi connectivity index (χ2n) is 6.44. The van der Waals surface area contributed by atoms with Crippen molar-refractivity contribution < 1.29 is 9.90 Å². The third kappa shape index (κ3) is 3.26. The van der Waals surface area contributed by atoms with Crippen LogP contribution in [0.2, 0.25) is 0 Å². The van der Waals surface area contributed by atoms with Gasteiger partial charge in [0.1, 0.15) is 5.75 Å². The van der Waals surface area contributed by atoms with Gasteiger partial charge in [-0.1, -0.05) is 48.6 Å². The third-order valence-electron chi connectivity index (χ3n) is 4.59. The molecule has 0 fully saturated rings. The Bertz CT molecular complexity index is 994. The number of aromatic nitrogens is 1. The van der Waals surface area contributed by atoms with Gasteiger partial charge in [0.15, 0.2) is 0 Å². The van der Waals surface area contributed by atoms with Crippen LogP contribution in [-0.4, -0.2) is 16.0 Å². The lowest BCUT2D eigenvalue weighted by Gasteiger charge is -2.17. The van der Waals surface area contributed by atoms with Gasteiger partial charge >= 0.3 is 0 Å². The summed E-state index contributed by atoms with van der Waals surface area (Å²) in [5.74, 6) is 0.00770. The molecule has 1 aliphatic carbocycles. The third-order valence-corrected chi connectivity index (χ3v) is 4.59. The van der Waals surface area contributed by atoms with Gasteiger partial charge in [-0.05, 0) is 31.0 Å². The second kappa shape index (κ2) is 6.92. The van der Waals surface area contributed by atoms with E-state index in [2.05, 4.69) is 34.6 Å². The molecule has 4 rings (SSSR count). The summed E-state index contributed by atoms with van der Waals surface area (Å²) in [4.78, 5) is 15.9. The number of benzene rings is 2. The maximum Gasteiger partial charge on any atom is 0.228 e. The first-order valence-corrected chi connectivity index (χ1v) is 8.76. The van der Waals surface area contributed by atoms with Crippen LogP contribution >= 0.6 is 0 Å². The molecule has 0 saturated carbocycles. The molecule has 1 heterocycles. The number of phenols is 1. The van der Waals surface area contributed by atoms with E-state index in [4.69, 9.17) is 0 Å². The molecule has 3 aromatic rings. The van der Waals surface area contributed by atoms with Crippen molar-refractivity contribution in [1.29, 1.82) is 0 Å². The molecule has 26 heavy (non-hydrogen) atoms. The molecule has 0 atom stereocenters. The molecule has 0 aliphatic heterocycles. The molecule has 3 N–H and O–H groups in total. The molecule has 1 aromatic heterocycles. The number of allylic oxidation sites excluding steroid dienone is 3. The standard InChI is InChI=1S/C22H20N2O2/c25-21-12-6-2-8-16(21)14-22(26)24-19-11-5-3-9-17(19)20-13-15-7-1-4-10-18(15)23-20/h1-2,4,6-13,23,25H,3,5,14H2,(H,24,26). The van der Waals surface area contributed by atoms with Crippen LogP contribution < -0.4 is 5.32 Å². The number of phenolic OH excluding ortho intramolecular Hbond substituents is 1. The van der Waals surface area contributed by atoms with Gasteiger partial charge in [-0.3, -0.25) is 4.79 Å². The number of aromatic hydroxyl groups is 1. The number of nitrogens with one attached hydrogen (secondary N) is 2. The van der Waals surface area contributed by atoms with Gasteiger partial charge in [0.2, 0.25) is 5.91 Å². The number of carbonyl (C=O) groups excluding carboxylic acids is 1. The molecule has 1 aliphatic rings. The van der Waals surface area contributed by atoms with Crippen molar-refractivity contribution in [3.8, 4) is 5.75 Å². The van der Waals surface area contributed by atoms with E-state index in [0.717, 1.165) is 40.7 Å². The Morgan fingerprint density at radius 3 is 2.65 bits per heavy atom. The van der Waals surface area contributed by atoms with Crippen molar-refractivity contribution in [3.05, 3.63) is 83.7 Å². The van der Waals surface area contributed by atoms with Crippen molar-refractivity contribution in [2.24, 2.45) is 0 Å². The van der Waals surface area contributed by atoms with E-state index in [1.807, 2.05) is 24.3 Å². The summed E-state index contributed by atoms with van der Waals surface area (Å²) in [6, 6.07) is 17.2. The van der Waals surface area contributed by atoms with Crippen LogP contribution in [0.1, 0.15) is 24.1 Å². The van der Waals surface area contributed by atoms with Gasteiger partial charge in [-0.25, -0.2) is 0 Å². The fraction of sp³-hybridized carbons (Fsp3) is 0.136. The van der Waals surface area contributed by atoms with E-state index in [9.17, 15) is 9.90 Å². The molecule has 0 saturated heterocycles. The molecule has 0 spiro atoms. The van der Waals surface area contributed by atoms with Gasteiger partial charge in [-0.2, -0.15) is 0 Å². The molecular formula is C22H20N2O2. The Labute approximate surface area is 151 Å². The lowest BCUT2D eigenvalue weighted by molar-refractivity contribution is -0.119. The Kier molecular flexibility index (Phi) is 4.32. The molecule has 0 radical (unpaired) electrons. The molecule has 130 valence electrons. The Morgan fingerprint density at radius 1 is 1.04 bits per heavy atom. The minimum atomic E-state index is -0.137. The maximum atomic E-state index is 12.5. The van der Waals surface area contributed by atoms with Crippen molar-refractivity contribution in [2.45, 2.75) is 19.3 Å². The molecule has 1 amide bonds. The van der Waals surface area contributed by atoms with Gasteiger partial charge in [0, 0.05) is 33.4 Å². The average molecular weight is 344 g/mol. The Morgan fingerprint density at radius 2 is 1.81 bits per heavy atom. The fourth-order valence-corrected chi connectivity index (χ4v) is 3.29. The molecule has 0 unspecified atom stereocenters. The van der Waals surface area contributed by atoms with E-state index in [-0.39, 0.29) is 18.1 Å². The quantitative estimate of drug-likeness (QED) is 0.661. The van der Waals surface area contributed by atoms with E-state index < -0.39 is 0 Å². The Hall–Kier alpha value is -3.27. The minimum Gasteiger partial charge on any atom is -0.508 e. The zero-order chi connectivity index (χ0) is 17.9. The number of hydrogen-bond acceptors (Lipinski definition) is 2. The van der Waals surface area contributed by atoms with Crippen LogP contribution in [0.3, 0.4) is 0 Å². The molecule has 4 nitrogen and oxygen atoms in total. The lowest BCUT2D eigenvalue weighted by Crippen LogP contribution is -2.26. The normalized spacial score (nSPS) is 14.0. The van der Waals surface area contributed by atoms with E-state index in [0.29, 0.717) is 5.56 Å². The predicted octanol–water partition coefficient (Wildman–Crippen LogP) is 4.29. The zero-order valence-corrected chi connectivity index (χ0v) is 14.3. The summed E-state index contributed by atoms with van der Waals surface area (Å²) in [6.45, 7) is 0. The van der Waals surface area contributed by atoms with Crippen LogP contribution in [0.25, 0.3) is 16.5 Å². The number of fused-ring (bicyclic) bond motifs is 1. The number of para-hydroxylation sites is 2. The van der Waals surface area contributed by atoms with Crippen LogP contribution in [0.15, 0.2) is 72.4 Å². The summed E-state index contributed by atoms with van der Waals surface area (Å²) < 4.78 is 0. The van der Waals surface area contributed by atoms with Crippen molar-refractivity contribution in [2.75, 3.05) is 0 Å². The van der Waals surface area contributed by atoms with Crippen LogP contribution in [0.4, 0.5) is 0 Å². The summed E-state index contributed by atoms with van der Waals surface area (Å²) in [7, 11) is 0. The summed E-state index contributed by atoms with van der Waals surface area (Å²) in [5.41, 5.74) is 4.53. The minimum absolute atomic E-state index is 0.137. The smallest absolute Gasteiger partial charge is 0.228 e. The van der Waals surface area contributed by atoms with Crippen LogP contribution in [-0.2, 0) is 11.2 Å². The first kappa shape index (κ1) is 16.2. The summed E-state index contributed by atoms with van der Waals surface area (Å²) >= 11 is 0. The number of carbonyl (C=O) groups is 1. The highest BCUT2D eigenvalue weighted by Gasteiger charge is 2.16. The number of hydrogen-bond donors (Lipinski definition) is 3. The van der Waals surface area contributed by atoms with Crippen molar-refractivity contribution in [1.82, 2.24) is 10.3 Å². The topological polar surface area (TPSA) is 65.1 Å². The van der Waals surface area contributed by atoms with E-state index >= 15 is 0 Å². The first-order chi connectivity index (χ1) is 12.7. The Balaban J connectivity index is 1.55. The fourth-order valence-electron chi connectivity index (χ4n) is 3.29. The molecular weight excluding hydrogens is 324 g/mol. The highest BCUT2D eigenvalue weighted by molar-refractivity contribution is 5.91. The second-order valence-corrected chi connectivity index (χ2v) is 6.44. The predicted molar refractivity (Wildman–Crippen MR) is 104 cm³/mol. The highest BCUT2D eigenvalue weighted by Crippen LogP contribution is 2.29. The lowest BCUT2D eigenvalue weighted by atomic mass is 10.00. The number of H-pyrrole nitrogens is 1. The highest BCUT2D eigenvalue weighted by atomic mass is 16.3. The zero-order valence-electron chi connectivity index (χ0n) is 14.3. The number of aromatic amines is 1. The first-order valence-electron chi connectivity index (χ1n) is 8.76. The van der Waals surface area contributed by atoms with Gasteiger partial charge in [0.05, 0.1) is 6.42 Å². The van der Waals surface area contributed by atoms with E-state index in [1.54, 1.807) is 18.2 Å². The summed E-state index contributed by atoms with van der Waals surface area (Å²) in [5, 5.41) is 14.0. The SMILES string of the molecule is O=C(Cc1ccccc1O)NC1=CCCC=C1c1cc2ccccc2[nH]1. The monoisotopic (exact) mass is 344 g/mol. The van der Waals surface area contributed by atoms with Gasteiger partial charge < -0.3 is 15.4 Å². The molecule has 0 bridgehead atoms. The van der Waals surface area contributed by atoms with E-state index in [1.165, 1.54) is 0 Å². The van der Waals surface area contributed by atoms with Crippen LogP contribution in [0, 0.1) is 0 Å². The van der Waals surface area contributed by atoms with Gasteiger partial charge in [-0.15, -0.1) is 0 Å². The van der Waals surface area contributed by atoms with Gasteiger partial charge in [0.25, 0.3) is 0 Å². The maximum absolute atomic E-state index is 12.5. The largest absolute Gasteiger partial charge is 0.508 e. The number of rotatable bonds is 4.